The summed E-state index contributed by atoms with van der Waals surface area (Å²) >= 11 is 0. The highest BCUT2D eigenvalue weighted by Gasteiger charge is 2.59. The number of ether oxygens (including phenoxy) is 2. The molecule has 3 atom stereocenters. The second-order valence-corrected chi connectivity index (χ2v) is 6.21. The smallest absolute Gasteiger partial charge is 0.410 e. The van der Waals surface area contributed by atoms with Gasteiger partial charge in [0.2, 0.25) is 0 Å². The van der Waals surface area contributed by atoms with Crippen molar-refractivity contribution in [3.05, 3.63) is 35.6 Å². The van der Waals surface area contributed by atoms with E-state index in [1.165, 1.54) is 13.2 Å². The Hall–Kier alpha value is -2.09. The van der Waals surface area contributed by atoms with Crippen molar-refractivity contribution in [1.82, 2.24) is 4.90 Å². The van der Waals surface area contributed by atoms with E-state index in [9.17, 15) is 22.8 Å². The molecular formula is C17H18F3NO4. The van der Waals surface area contributed by atoms with Gasteiger partial charge in [0, 0.05) is 24.7 Å². The molecule has 25 heavy (non-hydrogen) atoms. The lowest BCUT2D eigenvalue weighted by atomic mass is 9.75. The van der Waals surface area contributed by atoms with E-state index in [1.54, 1.807) is 0 Å². The number of alkyl halides is 3. The van der Waals surface area contributed by atoms with E-state index < -0.39 is 30.2 Å². The Morgan fingerprint density at radius 3 is 2.72 bits per heavy atom. The number of rotatable bonds is 4. The number of hydrogen-bond donors (Lipinski definition) is 0. The molecule has 2 fully saturated rings. The monoisotopic (exact) mass is 357 g/mol. The zero-order chi connectivity index (χ0) is 18.4. The zero-order valence-corrected chi connectivity index (χ0v) is 13.6. The molecule has 0 unspecified atom stereocenters. The van der Waals surface area contributed by atoms with Crippen LogP contribution in [-0.4, -0.2) is 48.8 Å². The quantitative estimate of drug-likeness (QED) is 0.336. The highest BCUT2D eigenvalue weighted by atomic mass is 19.4. The van der Waals surface area contributed by atoms with Crippen molar-refractivity contribution in [2.24, 2.45) is 5.92 Å². The van der Waals surface area contributed by atoms with Crippen LogP contribution in [-0.2, 0) is 19.1 Å². The van der Waals surface area contributed by atoms with Gasteiger partial charge in [-0.05, 0) is 24.8 Å². The average Bonchev–Trinajstić information content (AvgIpc) is 2.88. The maximum atomic E-state index is 12.8. The van der Waals surface area contributed by atoms with Crippen LogP contribution in [0.5, 0.6) is 0 Å². The molecule has 1 saturated carbocycles. The lowest BCUT2D eigenvalue weighted by Gasteiger charge is -2.42. The molecular weight excluding hydrogens is 339 g/mol. The fraction of sp³-hybridized carbons (Fsp3) is 0.529. The number of β-lactam (4-membered cyclic amide) rings is 1. The second kappa shape index (κ2) is 6.33. The Kier molecular flexibility index (Phi) is 4.49. The summed E-state index contributed by atoms with van der Waals surface area (Å²) < 4.78 is 48.7. The molecule has 0 radical (unpaired) electrons. The molecule has 1 aliphatic carbocycles. The predicted molar refractivity (Wildman–Crippen MR) is 81.1 cm³/mol. The Bertz CT molecular complexity index is 680. The van der Waals surface area contributed by atoms with Crippen LogP contribution in [0.3, 0.4) is 0 Å². The van der Waals surface area contributed by atoms with Crippen LogP contribution in [0.2, 0.25) is 0 Å². The number of amides is 1. The summed E-state index contributed by atoms with van der Waals surface area (Å²) in [5.41, 5.74) is 0.303. The Balaban J connectivity index is 2.02. The van der Waals surface area contributed by atoms with Gasteiger partial charge in [0.1, 0.15) is 12.3 Å². The standard InChI is InChI=1S/C17H18F3NO4/c1-3-7-25-16(23)14-12-9(5-4-6-11(12)24-2)13-10(8-17(18,19)20)15(22)21(13)14/h3,8-9,11,13H,1,4-7H2,2H3/t9-,11-,13+/m0/s1. The predicted octanol–water partition coefficient (Wildman–Crippen LogP) is 2.50. The molecule has 0 aromatic rings. The summed E-state index contributed by atoms with van der Waals surface area (Å²) in [6, 6.07) is -0.770. The van der Waals surface area contributed by atoms with Crippen LogP contribution in [0.25, 0.3) is 0 Å². The maximum absolute atomic E-state index is 12.8. The minimum atomic E-state index is -4.58. The molecule has 3 aliphatic rings. The van der Waals surface area contributed by atoms with Crippen LogP contribution < -0.4 is 0 Å². The van der Waals surface area contributed by atoms with Crippen LogP contribution in [0.1, 0.15) is 19.3 Å². The number of carbonyl (C=O) groups is 2. The zero-order valence-electron chi connectivity index (χ0n) is 13.6. The van der Waals surface area contributed by atoms with Crippen LogP contribution >= 0.6 is 0 Å². The van der Waals surface area contributed by atoms with Crippen molar-refractivity contribution >= 4 is 11.9 Å². The summed E-state index contributed by atoms with van der Waals surface area (Å²) in [4.78, 5) is 25.9. The molecule has 0 aromatic carbocycles. The van der Waals surface area contributed by atoms with Crippen molar-refractivity contribution in [2.75, 3.05) is 13.7 Å². The van der Waals surface area contributed by atoms with E-state index in [-0.39, 0.29) is 29.9 Å². The highest BCUT2D eigenvalue weighted by Crippen LogP contribution is 2.52. The molecule has 2 heterocycles. The van der Waals surface area contributed by atoms with Gasteiger partial charge in [0.15, 0.2) is 0 Å². The van der Waals surface area contributed by atoms with E-state index in [2.05, 4.69) is 6.58 Å². The lowest BCUT2D eigenvalue weighted by molar-refractivity contribution is -0.146. The topological polar surface area (TPSA) is 55.8 Å². The largest absolute Gasteiger partial charge is 0.457 e. The number of nitrogens with zero attached hydrogens (tertiary/aromatic N) is 1. The molecule has 0 spiro atoms. The molecule has 0 bridgehead atoms. The van der Waals surface area contributed by atoms with Gasteiger partial charge in [-0.1, -0.05) is 12.7 Å². The van der Waals surface area contributed by atoms with Crippen molar-refractivity contribution in [3.63, 3.8) is 0 Å². The summed E-state index contributed by atoms with van der Waals surface area (Å²) in [5, 5.41) is 0. The molecule has 1 saturated heterocycles. The first-order valence-electron chi connectivity index (χ1n) is 7.98. The molecule has 0 aromatic heterocycles. The Labute approximate surface area is 142 Å². The SMILES string of the molecule is C=CCOC(=O)C1=C2[C@@H](OC)CCC[C@@H]2[C@@H]2C(=CC(F)(F)F)C(=O)N12. The number of fused-ring (bicyclic) bond motifs is 3. The van der Waals surface area contributed by atoms with Gasteiger partial charge in [-0.2, -0.15) is 13.2 Å². The summed E-state index contributed by atoms with van der Waals surface area (Å²) in [6.45, 7) is 3.41. The maximum Gasteiger partial charge on any atom is 0.410 e. The molecule has 0 N–H and O–H groups in total. The third-order valence-electron chi connectivity index (χ3n) is 4.82. The van der Waals surface area contributed by atoms with Gasteiger partial charge in [0.05, 0.1) is 12.1 Å². The number of halogens is 3. The van der Waals surface area contributed by atoms with Crippen LogP contribution in [0.4, 0.5) is 13.2 Å². The van der Waals surface area contributed by atoms with E-state index in [1.807, 2.05) is 0 Å². The first-order valence-corrected chi connectivity index (χ1v) is 7.98. The van der Waals surface area contributed by atoms with E-state index in [0.717, 1.165) is 11.3 Å². The van der Waals surface area contributed by atoms with E-state index in [4.69, 9.17) is 9.47 Å². The van der Waals surface area contributed by atoms with Crippen molar-refractivity contribution in [2.45, 2.75) is 37.6 Å². The van der Waals surface area contributed by atoms with Crippen molar-refractivity contribution in [3.8, 4) is 0 Å². The van der Waals surface area contributed by atoms with Gasteiger partial charge in [0.25, 0.3) is 5.91 Å². The minimum Gasteiger partial charge on any atom is -0.457 e. The van der Waals surface area contributed by atoms with Gasteiger partial charge in [-0.3, -0.25) is 9.69 Å². The van der Waals surface area contributed by atoms with E-state index in [0.29, 0.717) is 18.4 Å². The fourth-order valence-corrected chi connectivity index (χ4v) is 3.96. The summed E-state index contributed by atoms with van der Waals surface area (Å²) in [6.07, 6.45) is -1.57. The molecule has 1 amide bonds. The highest BCUT2D eigenvalue weighted by molar-refractivity contribution is 6.09. The third kappa shape index (κ3) is 2.88. The molecule has 3 rings (SSSR count). The number of carbonyl (C=O) groups excluding carboxylic acids is 2. The molecule has 8 heteroatoms. The van der Waals surface area contributed by atoms with Gasteiger partial charge in [-0.25, -0.2) is 4.79 Å². The second-order valence-electron chi connectivity index (χ2n) is 6.21. The van der Waals surface area contributed by atoms with Gasteiger partial charge < -0.3 is 9.47 Å². The molecule has 5 nitrogen and oxygen atoms in total. The Morgan fingerprint density at radius 1 is 1.40 bits per heavy atom. The van der Waals surface area contributed by atoms with Gasteiger partial charge in [-0.15, -0.1) is 0 Å². The lowest BCUT2D eigenvalue weighted by Crippen LogP contribution is -2.55. The molecule has 2 aliphatic heterocycles. The number of methoxy groups -OCH3 is 1. The minimum absolute atomic E-state index is 0.0349. The molecule has 136 valence electrons. The number of hydrogen-bond acceptors (Lipinski definition) is 4. The van der Waals surface area contributed by atoms with Crippen LogP contribution in [0.15, 0.2) is 35.6 Å². The van der Waals surface area contributed by atoms with Crippen molar-refractivity contribution < 1.29 is 32.2 Å². The Morgan fingerprint density at radius 2 is 2.12 bits per heavy atom. The van der Waals surface area contributed by atoms with Crippen molar-refractivity contribution in [1.29, 1.82) is 0 Å². The first kappa shape index (κ1) is 17.7. The van der Waals surface area contributed by atoms with Crippen LogP contribution in [0, 0.1) is 5.92 Å². The van der Waals surface area contributed by atoms with E-state index >= 15 is 0 Å². The first-order chi connectivity index (χ1) is 11.8. The number of esters is 1. The summed E-state index contributed by atoms with van der Waals surface area (Å²) in [7, 11) is 1.48. The fourth-order valence-electron chi connectivity index (χ4n) is 3.96. The van der Waals surface area contributed by atoms with Gasteiger partial charge >= 0.3 is 12.1 Å². The third-order valence-corrected chi connectivity index (χ3v) is 4.82. The summed E-state index contributed by atoms with van der Waals surface area (Å²) in [5.74, 6) is -1.88. The normalized spacial score (nSPS) is 30.1. The average molecular weight is 357 g/mol. The number of allylic oxidation sites excluding steroid dienone is 1.